The molecule has 1 fully saturated rings. The van der Waals surface area contributed by atoms with E-state index in [-0.39, 0.29) is 11.6 Å². The van der Waals surface area contributed by atoms with E-state index in [4.69, 9.17) is 21.7 Å². The van der Waals surface area contributed by atoms with E-state index in [1.807, 2.05) is 18.2 Å². The Morgan fingerprint density at radius 3 is 2.86 bits per heavy atom. The quantitative estimate of drug-likeness (QED) is 0.702. The zero-order valence-corrected chi connectivity index (χ0v) is 16.3. The van der Waals surface area contributed by atoms with Crippen LogP contribution in [0, 0.1) is 5.92 Å². The van der Waals surface area contributed by atoms with Crippen molar-refractivity contribution in [2.45, 2.75) is 18.4 Å². The van der Waals surface area contributed by atoms with E-state index < -0.39 is 11.6 Å². The van der Waals surface area contributed by atoms with Gasteiger partial charge in [-0.05, 0) is 48.6 Å². The molecule has 1 aliphatic heterocycles. The van der Waals surface area contributed by atoms with Crippen LogP contribution < -0.4 is 10.6 Å². The van der Waals surface area contributed by atoms with Crippen molar-refractivity contribution in [3.05, 3.63) is 58.9 Å². The second-order valence-electron chi connectivity index (χ2n) is 6.71. The monoisotopic (exact) mass is 416 g/mol. The number of fused-ring (bicyclic) bond motifs is 1. The first-order chi connectivity index (χ1) is 13.5. The van der Waals surface area contributed by atoms with Crippen LogP contribution in [0.15, 0.2) is 47.6 Å². The lowest BCUT2D eigenvalue weighted by atomic mass is 10.0. The second kappa shape index (κ2) is 7.44. The maximum absolute atomic E-state index is 12.4. The molecule has 1 aromatic carbocycles. The third-order valence-electron chi connectivity index (χ3n) is 4.87. The minimum absolute atomic E-state index is 0.272. The van der Waals surface area contributed by atoms with Crippen LogP contribution in [0.2, 0.25) is 5.02 Å². The Hall–Kier alpha value is -2.58. The van der Waals surface area contributed by atoms with Crippen LogP contribution in [-0.2, 0) is 5.54 Å². The molecule has 3 N–H and O–H groups in total. The summed E-state index contributed by atoms with van der Waals surface area (Å²) in [6.07, 6.45) is 2.14. The maximum atomic E-state index is 12.4. The van der Waals surface area contributed by atoms with Crippen LogP contribution in [0.25, 0.3) is 0 Å². The molecule has 4 rings (SSSR count). The average Bonchev–Trinajstić information content (AvgIpc) is 3.37. The summed E-state index contributed by atoms with van der Waals surface area (Å²) in [7, 11) is 0. The lowest BCUT2D eigenvalue weighted by Gasteiger charge is -2.15. The number of benzene rings is 1. The third-order valence-corrected chi connectivity index (χ3v) is 6.00. The van der Waals surface area contributed by atoms with Crippen molar-refractivity contribution in [2.75, 3.05) is 11.1 Å². The van der Waals surface area contributed by atoms with Gasteiger partial charge in [-0.1, -0.05) is 35.5 Å². The molecule has 2 atom stereocenters. The Balaban J connectivity index is 1.57. The normalized spacial score (nSPS) is 23.0. The van der Waals surface area contributed by atoms with Crippen molar-refractivity contribution < 1.29 is 14.7 Å². The molecule has 144 valence electrons. The molecular weight excluding hydrogens is 400 g/mol. The minimum atomic E-state index is -1.11. The summed E-state index contributed by atoms with van der Waals surface area (Å²) in [5.41, 5.74) is 1.44. The molecule has 0 bridgehead atoms. The molecule has 2 aromatic rings. The number of amidine groups is 1. The smallest absolute Gasteiger partial charge is 0.410 e. The number of hydrogen-bond donors (Lipinski definition) is 3. The lowest BCUT2D eigenvalue weighted by molar-refractivity contribution is 0.102. The Labute approximate surface area is 170 Å². The summed E-state index contributed by atoms with van der Waals surface area (Å²) in [5, 5.41) is 15.1. The van der Waals surface area contributed by atoms with Crippen LogP contribution in [0.1, 0.15) is 28.9 Å². The molecule has 1 saturated carbocycles. The van der Waals surface area contributed by atoms with E-state index in [0.29, 0.717) is 21.8 Å². The van der Waals surface area contributed by atoms with Crippen LogP contribution in [0.4, 0.5) is 10.5 Å². The lowest BCUT2D eigenvalue weighted by Crippen LogP contribution is -2.27. The van der Waals surface area contributed by atoms with Gasteiger partial charge in [-0.3, -0.25) is 15.1 Å². The number of carbonyl (C=O) groups excluding carboxylic acids is 1. The van der Waals surface area contributed by atoms with E-state index in [0.717, 1.165) is 24.2 Å². The summed E-state index contributed by atoms with van der Waals surface area (Å²) in [6, 6.07) is 10.7. The second-order valence-corrected chi connectivity index (χ2v) is 8.23. The van der Waals surface area contributed by atoms with Crippen molar-refractivity contribution in [2.24, 2.45) is 10.9 Å². The fourth-order valence-electron chi connectivity index (χ4n) is 3.45. The average molecular weight is 417 g/mol. The van der Waals surface area contributed by atoms with Crippen molar-refractivity contribution in [1.29, 1.82) is 0 Å². The highest BCUT2D eigenvalue weighted by molar-refractivity contribution is 8.13. The van der Waals surface area contributed by atoms with E-state index >= 15 is 0 Å². The van der Waals surface area contributed by atoms with Crippen LogP contribution in [-0.4, -0.2) is 33.0 Å². The van der Waals surface area contributed by atoms with Crippen molar-refractivity contribution in [3.8, 4) is 0 Å². The molecular formula is C19H17ClN4O3S. The van der Waals surface area contributed by atoms with Gasteiger partial charge in [0.2, 0.25) is 0 Å². The Morgan fingerprint density at radius 1 is 1.25 bits per heavy atom. The molecule has 0 radical (unpaired) electrons. The van der Waals surface area contributed by atoms with Gasteiger partial charge in [0.1, 0.15) is 5.69 Å². The first-order valence-corrected chi connectivity index (χ1v) is 10.1. The largest absolute Gasteiger partial charge is 0.465 e. The van der Waals surface area contributed by atoms with Gasteiger partial charge >= 0.3 is 6.09 Å². The van der Waals surface area contributed by atoms with E-state index in [1.54, 1.807) is 18.2 Å². The van der Waals surface area contributed by atoms with Crippen LogP contribution in [0.3, 0.4) is 0 Å². The van der Waals surface area contributed by atoms with Gasteiger partial charge in [-0.2, -0.15) is 0 Å². The molecule has 28 heavy (non-hydrogen) atoms. The molecule has 2 unspecified atom stereocenters. The molecule has 0 spiro atoms. The highest BCUT2D eigenvalue weighted by Gasteiger charge is 2.56. The van der Waals surface area contributed by atoms with Gasteiger partial charge in [0, 0.05) is 17.6 Å². The molecule has 9 heteroatoms. The number of rotatable bonds is 3. The molecule has 2 amide bonds. The predicted octanol–water partition coefficient (Wildman–Crippen LogP) is 3.96. The highest BCUT2D eigenvalue weighted by atomic mass is 35.5. The van der Waals surface area contributed by atoms with Gasteiger partial charge in [-0.15, -0.1) is 0 Å². The summed E-state index contributed by atoms with van der Waals surface area (Å²) in [5.74, 6) is 0.869. The maximum Gasteiger partial charge on any atom is 0.410 e. The molecule has 0 saturated heterocycles. The Bertz CT molecular complexity index is 966. The zero-order valence-electron chi connectivity index (χ0n) is 14.7. The summed E-state index contributed by atoms with van der Waals surface area (Å²) in [4.78, 5) is 32.2. The van der Waals surface area contributed by atoms with Crippen molar-refractivity contribution >= 4 is 46.2 Å². The molecule has 1 aliphatic carbocycles. The summed E-state index contributed by atoms with van der Waals surface area (Å²) >= 11 is 7.23. The molecule has 2 aliphatic rings. The van der Waals surface area contributed by atoms with E-state index in [1.165, 1.54) is 18.0 Å². The van der Waals surface area contributed by atoms with Gasteiger partial charge in [0.15, 0.2) is 5.17 Å². The van der Waals surface area contributed by atoms with E-state index in [9.17, 15) is 9.59 Å². The summed E-state index contributed by atoms with van der Waals surface area (Å²) in [6.45, 7) is 0. The number of hydrogen-bond acceptors (Lipinski definition) is 5. The number of amides is 2. The van der Waals surface area contributed by atoms with Gasteiger partial charge in [0.05, 0.1) is 10.6 Å². The first kappa shape index (κ1) is 18.8. The number of pyridine rings is 1. The SMILES string of the molecule is O=C(O)NC1=NC2(c3cccc(NC(=O)c4ccc(Cl)cn4)c3)CC2CCS1. The first-order valence-electron chi connectivity index (χ1n) is 8.72. The molecule has 1 aromatic heterocycles. The highest BCUT2D eigenvalue weighted by Crippen LogP contribution is 2.59. The molecule has 2 heterocycles. The standard InChI is InChI=1S/C19H17ClN4O3S/c20-13-4-5-15(21-10-13)16(25)22-14-3-1-2-11(8-14)19-9-12(19)6-7-28-17(24-19)23-18(26)27/h1-5,8,10,12H,6-7,9H2,(H,22,25)(H,23,24)(H,26,27). The van der Waals surface area contributed by atoms with Gasteiger partial charge in [0.25, 0.3) is 5.91 Å². The molecule has 7 nitrogen and oxygen atoms in total. The number of carboxylic acid groups (broad SMARTS) is 1. The van der Waals surface area contributed by atoms with Crippen LogP contribution >= 0.6 is 23.4 Å². The minimum Gasteiger partial charge on any atom is -0.465 e. The number of anilines is 1. The fraction of sp³-hybridized carbons (Fsp3) is 0.263. The zero-order chi connectivity index (χ0) is 19.7. The van der Waals surface area contributed by atoms with Crippen molar-refractivity contribution in [3.63, 3.8) is 0 Å². The topological polar surface area (TPSA) is 104 Å². The number of aliphatic imine (C=N–C) groups is 1. The van der Waals surface area contributed by atoms with Gasteiger partial charge < -0.3 is 10.4 Å². The third kappa shape index (κ3) is 3.83. The van der Waals surface area contributed by atoms with Crippen molar-refractivity contribution in [1.82, 2.24) is 10.3 Å². The number of nitrogens with one attached hydrogen (secondary N) is 2. The number of carbonyl (C=O) groups is 2. The van der Waals surface area contributed by atoms with Gasteiger partial charge in [-0.25, -0.2) is 9.78 Å². The fourth-order valence-corrected chi connectivity index (χ4v) is 4.55. The predicted molar refractivity (Wildman–Crippen MR) is 109 cm³/mol. The number of nitrogens with zero attached hydrogens (tertiary/aromatic N) is 2. The summed E-state index contributed by atoms with van der Waals surface area (Å²) < 4.78 is 0. The Morgan fingerprint density at radius 2 is 2.11 bits per heavy atom. The van der Waals surface area contributed by atoms with E-state index in [2.05, 4.69) is 15.6 Å². The van der Waals surface area contributed by atoms with Crippen LogP contribution in [0.5, 0.6) is 0 Å². The number of aromatic nitrogens is 1. The number of thioether (sulfide) groups is 1. The Kier molecular flexibility index (Phi) is 4.99. The number of halogens is 1.